The maximum Gasteiger partial charge on any atom is 0.255 e. The average Bonchev–Trinajstić information content (AvgIpc) is 3.55. The van der Waals surface area contributed by atoms with E-state index in [9.17, 15) is 14.7 Å². The molecular weight excluding hydrogens is 474 g/mol. The highest BCUT2D eigenvalue weighted by atomic mass is 16.5. The molecule has 4 heterocycles. The number of hydrogen-bond donors (Lipinski definition) is 2. The van der Waals surface area contributed by atoms with E-state index in [2.05, 4.69) is 15.4 Å². The predicted molar refractivity (Wildman–Crippen MR) is 133 cm³/mol. The Morgan fingerprint density at radius 2 is 2.00 bits per heavy atom. The van der Waals surface area contributed by atoms with Gasteiger partial charge in [-0.05, 0) is 53.9 Å². The van der Waals surface area contributed by atoms with Crippen LogP contribution in [0.25, 0.3) is 5.65 Å². The third-order valence-corrected chi connectivity index (χ3v) is 6.98. The number of nitrogens with zero attached hydrogens (tertiary/aromatic N) is 4. The molecule has 2 aliphatic rings. The number of phenolic OH excluding ortho intramolecular Hbond substituents is 1. The molecule has 1 saturated heterocycles. The number of aromatic hydroxyl groups is 1. The summed E-state index contributed by atoms with van der Waals surface area (Å²) in [4.78, 5) is 32.3. The monoisotopic (exact) mass is 499 g/mol. The van der Waals surface area contributed by atoms with Gasteiger partial charge in [0.2, 0.25) is 5.91 Å². The molecule has 0 radical (unpaired) electrons. The minimum absolute atomic E-state index is 0.00426. The molecule has 188 valence electrons. The minimum atomic E-state index is -0.287. The lowest BCUT2D eigenvalue weighted by Gasteiger charge is -2.21. The number of aromatic nitrogens is 3. The standard InChI is InChI=1S/C27H25N5O5/c1-36-22-7-4-17-11-24(22)37-23-10-16(2-6-21(23)33)3-9-26(34)30-20-14-31(13-19(17)20)27(35)18-5-8-25-28-15-29-32(25)12-18/h2,4-8,10-12,15,19-20,33H,3,9,13-14H2,1H3,(H,30,34)/t19-,20+/m0/s1. The molecule has 0 unspecified atom stereocenters. The van der Waals surface area contributed by atoms with Gasteiger partial charge in [-0.3, -0.25) is 9.59 Å². The Morgan fingerprint density at radius 1 is 1.11 bits per heavy atom. The Hall–Kier alpha value is -4.60. The molecule has 1 fully saturated rings. The van der Waals surface area contributed by atoms with Crippen molar-refractivity contribution in [3.05, 3.63) is 77.7 Å². The van der Waals surface area contributed by atoms with Crippen molar-refractivity contribution < 1.29 is 24.2 Å². The molecule has 2 aliphatic heterocycles. The van der Waals surface area contributed by atoms with Gasteiger partial charge in [0.05, 0.1) is 18.7 Å². The van der Waals surface area contributed by atoms with E-state index in [1.807, 2.05) is 12.1 Å². The second kappa shape index (κ2) is 9.12. The molecule has 4 aromatic rings. The van der Waals surface area contributed by atoms with Gasteiger partial charge in [-0.15, -0.1) is 0 Å². The zero-order valence-electron chi connectivity index (χ0n) is 20.1. The third-order valence-electron chi connectivity index (χ3n) is 6.98. The van der Waals surface area contributed by atoms with E-state index in [0.717, 1.165) is 11.1 Å². The molecule has 2 aromatic heterocycles. The largest absolute Gasteiger partial charge is 0.504 e. The number of benzene rings is 2. The molecule has 0 saturated carbocycles. The second-order valence-corrected chi connectivity index (χ2v) is 9.29. The number of hydrogen-bond acceptors (Lipinski definition) is 7. The summed E-state index contributed by atoms with van der Waals surface area (Å²) in [6.07, 6.45) is 3.85. The number of likely N-dealkylation sites (tertiary alicyclic amines) is 1. The van der Waals surface area contributed by atoms with E-state index >= 15 is 0 Å². The number of pyridine rings is 1. The van der Waals surface area contributed by atoms with Gasteiger partial charge in [-0.25, -0.2) is 9.50 Å². The van der Waals surface area contributed by atoms with Gasteiger partial charge in [0.1, 0.15) is 6.33 Å². The van der Waals surface area contributed by atoms with Crippen LogP contribution in [0.4, 0.5) is 0 Å². The number of ether oxygens (including phenoxy) is 2. The highest BCUT2D eigenvalue weighted by Crippen LogP contribution is 2.40. The highest BCUT2D eigenvalue weighted by molar-refractivity contribution is 5.94. The Morgan fingerprint density at radius 3 is 2.86 bits per heavy atom. The number of rotatable bonds is 2. The fraction of sp³-hybridized carbons (Fsp3) is 0.259. The lowest BCUT2D eigenvalue weighted by Crippen LogP contribution is -2.40. The molecule has 10 heteroatoms. The topological polar surface area (TPSA) is 118 Å². The molecule has 0 aliphatic carbocycles. The fourth-order valence-electron chi connectivity index (χ4n) is 5.03. The van der Waals surface area contributed by atoms with Crippen molar-refractivity contribution in [3.8, 4) is 23.0 Å². The van der Waals surface area contributed by atoms with Gasteiger partial charge in [-0.2, -0.15) is 5.10 Å². The van der Waals surface area contributed by atoms with Crippen LogP contribution >= 0.6 is 0 Å². The van der Waals surface area contributed by atoms with E-state index in [0.29, 0.717) is 42.2 Å². The molecule has 6 rings (SSSR count). The summed E-state index contributed by atoms with van der Waals surface area (Å²) >= 11 is 0. The zero-order valence-corrected chi connectivity index (χ0v) is 20.1. The average molecular weight is 500 g/mol. The zero-order chi connectivity index (χ0) is 25.5. The lowest BCUT2D eigenvalue weighted by molar-refractivity contribution is -0.121. The Labute approximate surface area is 212 Å². The Kier molecular flexibility index (Phi) is 5.63. The van der Waals surface area contributed by atoms with Crippen LogP contribution in [0.1, 0.15) is 33.8 Å². The first-order valence-corrected chi connectivity index (χ1v) is 12.0. The second-order valence-electron chi connectivity index (χ2n) is 9.29. The summed E-state index contributed by atoms with van der Waals surface area (Å²) in [7, 11) is 1.55. The molecule has 2 atom stereocenters. The van der Waals surface area contributed by atoms with Gasteiger partial charge in [0.15, 0.2) is 28.6 Å². The summed E-state index contributed by atoms with van der Waals surface area (Å²) in [5.74, 6) is 0.816. The van der Waals surface area contributed by atoms with Crippen LogP contribution in [0.5, 0.6) is 23.0 Å². The van der Waals surface area contributed by atoms with E-state index in [1.165, 1.54) is 6.33 Å². The van der Waals surface area contributed by atoms with Crippen LogP contribution in [0.3, 0.4) is 0 Å². The Bertz CT molecular complexity index is 1520. The van der Waals surface area contributed by atoms with Crippen molar-refractivity contribution in [2.24, 2.45) is 0 Å². The number of methoxy groups -OCH3 is 1. The molecule has 10 nitrogen and oxygen atoms in total. The van der Waals surface area contributed by atoms with Crippen LogP contribution < -0.4 is 14.8 Å². The van der Waals surface area contributed by atoms with Gasteiger partial charge in [0, 0.05) is 31.6 Å². The van der Waals surface area contributed by atoms with Crippen molar-refractivity contribution in [3.63, 3.8) is 0 Å². The highest BCUT2D eigenvalue weighted by Gasteiger charge is 2.38. The van der Waals surface area contributed by atoms with Crippen molar-refractivity contribution >= 4 is 17.5 Å². The van der Waals surface area contributed by atoms with Crippen LogP contribution in [0.2, 0.25) is 0 Å². The molecular formula is C27H25N5O5. The number of aryl methyl sites for hydroxylation is 1. The first-order chi connectivity index (χ1) is 18.0. The SMILES string of the molecule is COc1ccc2cc1Oc1cc(ccc1O)CCC(=O)N[C@@H]1CN(C(=O)c3ccc4ncnn4c3)C[C@@H]21. The van der Waals surface area contributed by atoms with Crippen LogP contribution in [0.15, 0.2) is 61.1 Å². The molecule has 2 aromatic carbocycles. The van der Waals surface area contributed by atoms with Crippen molar-refractivity contribution in [1.29, 1.82) is 0 Å². The summed E-state index contributed by atoms with van der Waals surface area (Å²) in [5.41, 5.74) is 2.90. The van der Waals surface area contributed by atoms with Gasteiger partial charge in [0.25, 0.3) is 5.91 Å². The van der Waals surface area contributed by atoms with Crippen LogP contribution in [-0.4, -0.2) is 62.7 Å². The molecule has 0 spiro atoms. The summed E-state index contributed by atoms with van der Waals surface area (Å²) in [5, 5.41) is 17.7. The number of amides is 2. The lowest BCUT2D eigenvalue weighted by atomic mass is 9.93. The normalized spacial score (nSPS) is 19.2. The number of nitrogens with one attached hydrogen (secondary N) is 1. The maximum atomic E-state index is 13.5. The van der Waals surface area contributed by atoms with Crippen LogP contribution in [0, 0.1) is 0 Å². The summed E-state index contributed by atoms with van der Waals surface area (Å²) in [6.45, 7) is 0.769. The molecule has 2 N–H and O–H groups in total. The Balaban J connectivity index is 1.36. The smallest absolute Gasteiger partial charge is 0.255 e. The first kappa shape index (κ1) is 22.8. The number of fused-ring (bicyclic) bond motifs is 7. The van der Waals surface area contributed by atoms with E-state index in [4.69, 9.17) is 9.47 Å². The third kappa shape index (κ3) is 4.31. The van der Waals surface area contributed by atoms with Crippen LogP contribution in [-0.2, 0) is 11.2 Å². The van der Waals surface area contributed by atoms with Crippen molar-refractivity contribution in [2.45, 2.75) is 24.8 Å². The van der Waals surface area contributed by atoms with Gasteiger partial charge >= 0.3 is 0 Å². The van der Waals surface area contributed by atoms with E-state index in [-0.39, 0.29) is 41.7 Å². The summed E-state index contributed by atoms with van der Waals surface area (Å²) in [6, 6.07) is 13.8. The molecule has 2 amide bonds. The predicted octanol–water partition coefficient (Wildman–Crippen LogP) is 2.91. The number of carbonyl (C=O) groups excluding carboxylic acids is 2. The quantitative estimate of drug-likeness (QED) is 0.435. The molecule has 37 heavy (non-hydrogen) atoms. The fourth-order valence-corrected chi connectivity index (χ4v) is 5.03. The van der Waals surface area contributed by atoms with Gasteiger partial charge in [-0.1, -0.05) is 12.1 Å². The maximum absolute atomic E-state index is 13.5. The number of carbonyl (C=O) groups is 2. The number of phenols is 1. The van der Waals surface area contributed by atoms with E-state index in [1.54, 1.807) is 59.1 Å². The van der Waals surface area contributed by atoms with Crippen molar-refractivity contribution in [2.75, 3.05) is 20.2 Å². The molecule has 4 bridgehead atoms. The van der Waals surface area contributed by atoms with E-state index < -0.39 is 0 Å². The first-order valence-electron chi connectivity index (χ1n) is 12.0. The summed E-state index contributed by atoms with van der Waals surface area (Å²) < 4.78 is 13.2. The van der Waals surface area contributed by atoms with Gasteiger partial charge < -0.3 is 24.8 Å². The minimum Gasteiger partial charge on any atom is -0.504 e. The van der Waals surface area contributed by atoms with Crippen molar-refractivity contribution in [1.82, 2.24) is 24.8 Å².